The number of esters is 1. The first-order valence-corrected chi connectivity index (χ1v) is 5.86. The third-order valence-electron chi connectivity index (χ3n) is 1.69. The fourth-order valence-electron chi connectivity index (χ4n) is 1.06. The summed E-state index contributed by atoms with van der Waals surface area (Å²) in [4.78, 5) is 15.4. The first-order valence-electron chi connectivity index (χ1n) is 4.78. The molecule has 0 unspecified atom stereocenters. The van der Waals surface area contributed by atoms with Crippen molar-refractivity contribution in [1.29, 1.82) is 0 Å². The average Bonchev–Trinajstić information content (AvgIpc) is 2.26. The molecule has 7 heteroatoms. The van der Waals surface area contributed by atoms with Crippen LogP contribution in [0.5, 0.6) is 5.88 Å². The van der Waals surface area contributed by atoms with Gasteiger partial charge < -0.3 is 9.47 Å². The van der Waals surface area contributed by atoms with E-state index in [1.165, 1.54) is 6.20 Å². The number of aromatic nitrogens is 1. The molecule has 0 bridgehead atoms. The predicted molar refractivity (Wildman–Crippen MR) is 64.4 cm³/mol. The topological polar surface area (TPSA) is 48.4 Å². The SMILES string of the molecule is CCOC(=O)c1c(I)ccnc1OCC(F)F. The molecule has 0 aliphatic rings. The van der Waals surface area contributed by atoms with E-state index in [0.29, 0.717) is 3.57 Å². The van der Waals surface area contributed by atoms with Crippen molar-refractivity contribution in [3.05, 3.63) is 21.4 Å². The second-order valence-corrected chi connectivity index (χ2v) is 4.06. The summed E-state index contributed by atoms with van der Waals surface area (Å²) in [5.41, 5.74) is 0.0793. The van der Waals surface area contributed by atoms with Crippen LogP contribution in [0.1, 0.15) is 17.3 Å². The van der Waals surface area contributed by atoms with Crippen LogP contribution in [0.15, 0.2) is 12.3 Å². The quantitative estimate of drug-likeness (QED) is 0.600. The molecule has 1 aromatic rings. The summed E-state index contributed by atoms with van der Waals surface area (Å²) in [5.74, 6) is -0.759. The van der Waals surface area contributed by atoms with Crippen LogP contribution in [-0.4, -0.2) is 30.6 Å². The van der Waals surface area contributed by atoms with Crippen molar-refractivity contribution < 1.29 is 23.0 Å². The minimum Gasteiger partial charge on any atom is -0.471 e. The highest BCUT2D eigenvalue weighted by molar-refractivity contribution is 14.1. The number of alkyl halides is 2. The van der Waals surface area contributed by atoms with Crippen LogP contribution in [0.2, 0.25) is 0 Å². The van der Waals surface area contributed by atoms with Gasteiger partial charge in [0.05, 0.1) is 6.61 Å². The Morgan fingerprint density at radius 1 is 1.59 bits per heavy atom. The van der Waals surface area contributed by atoms with Gasteiger partial charge >= 0.3 is 5.97 Å². The van der Waals surface area contributed by atoms with Crippen LogP contribution >= 0.6 is 22.6 Å². The molecule has 0 saturated carbocycles. The predicted octanol–water partition coefficient (Wildman–Crippen LogP) is 2.51. The van der Waals surface area contributed by atoms with Crippen LogP contribution in [0.3, 0.4) is 0 Å². The molecule has 0 aliphatic heterocycles. The third kappa shape index (κ3) is 4.06. The zero-order chi connectivity index (χ0) is 12.8. The molecule has 17 heavy (non-hydrogen) atoms. The maximum absolute atomic E-state index is 12.0. The Morgan fingerprint density at radius 2 is 2.29 bits per heavy atom. The van der Waals surface area contributed by atoms with Gasteiger partial charge in [0.2, 0.25) is 5.88 Å². The molecule has 4 nitrogen and oxygen atoms in total. The lowest BCUT2D eigenvalue weighted by atomic mass is 10.3. The van der Waals surface area contributed by atoms with Crippen LogP contribution in [-0.2, 0) is 4.74 Å². The maximum atomic E-state index is 12.0. The van der Waals surface area contributed by atoms with Crippen LogP contribution in [0, 0.1) is 3.57 Å². The van der Waals surface area contributed by atoms with Gasteiger partial charge in [-0.1, -0.05) is 0 Å². The molecule has 1 aromatic heterocycles. The van der Waals surface area contributed by atoms with Crippen molar-refractivity contribution in [3.63, 3.8) is 0 Å². The van der Waals surface area contributed by atoms with Crippen molar-refractivity contribution in [2.75, 3.05) is 13.2 Å². The van der Waals surface area contributed by atoms with Gasteiger partial charge in [0.15, 0.2) is 6.61 Å². The number of carbonyl (C=O) groups is 1. The molecular formula is C10H10F2INO3. The van der Waals surface area contributed by atoms with Gasteiger partial charge in [0.1, 0.15) is 5.56 Å². The van der Waals surface area contributed by atoms with E-state index in [2.05, 4.69) is 4.98 Å². The van der Waals surface area contributed by atoms with E-state index >= 15 is 0 Å². The van der Waals surface area contributed by atoms with Gasteiger partial charge in [-0.25, -0.2) is 18.6 Å². The van der Waals surface area contributed by atoms with Gasteiger partial charge in [0.25, 0.3) is 6.43 Å². The maximum Gasteiger partial charge on any atom is 0.344 e. The summed E-state index contributed by atoms with van der Waals surface area (Å²) in [6, 6.07) is 1.57. The normalized spacial score (nSPS) is 10.4. The first kappa shape index (κ1) is 14.1. The van der Waals surface area contributed by atoms with Gasteiger partial charge in [0, 0.05) is 9.77 Å². The zero-order valence-corrected chi connectivity index (χ0v) is 11.1. The molecule has 0 fully saturated rings. The first-order chi connectivity index (χ1) is 8.06. The zero-order valence-electron chi connectivity index (χ0n) is 8.95. The van der Waals surface area contributed by atoms with E-state index in [1.54, 1.807) is 13.0 Å². The third-order valence-corrected chi connectivity index (χ3v) is 2.59. The molecule has 0 aromatic carbocycles. The summed E-state index contributed by atoms with van der Waals surface area (Å²) in [7, 11) is 0. The van der Waals surface area contributed by atoms with Gasteiger partial charge in [-0.2, -0.15) is 0 Å². The van der Waals surface area contributed by atoms with E-state index in [4.69, 9.17) is 9.47 Å². The molecule has 0 radical (unpaired) electrons. The molecule has 0 saturated heterocycles. The number of hydrogen-bond donors (Lipinski definition) is 0. The number of rotatable bonds is 5. The number of ether oxygens (including phenoxy) is 2. The van der Waals surface area contributed by atoms with E-state index in [0.717, 1.165) is 0 Å². The number of hydrogen-bond acceptors (Lipinski definition) is 4. The molecular weight excluding hydrogens is 347 g/mol. The molecule has 0 N–H and O–H groups in total. The van der Waals surface area contributed by atoms with Crippen LogP contribution in [0.25, 0.3) is 0 Å². The Morgan fingerprint density at radius 3 is 2.88 bits per heavy atom. The van der Waals surface area contributed by atoms with E-state index in [9.17, 15) is 13.6 Å². The number of nitrogens with zero attached hydrogens (tertiary/aromatic N) is 1. The Bertz CT molecular complexity index is 401. The Balaban J connectivity index is 2.95. The van der Waals surface area contributed by atoms with Gasteiger partial charge in [-0.3, -0.25) is 0 Å². The largest absolute Gasteiger partial charge is 0.471 e. The molecule has 1 rings (SSSR count). The highest BCUT2D eigenvalue weighted by atomic mass is 127. The summed E-state index contributed by atoms with van der Waals surface area (Å²) in [5, 5.41) is 0. The van der Waals surface area contributed by atoms with Crippen LogP contribution < -0.4 is 4.74 Å². The van der Waals surface area contributed by atoms with Crippen molar-refractivity contribution in [3.8, 4) is 5.88 Å². The highest BCUT2D eigenvalue weighted by Crippen LogP contribution is 2.22. The average molecular weight is 357 g/mol. The molecule has 1 heterocycles. The monoisotopic (exact) mass is 357 g/mol. The molecule has 0 amide bonds. The Hall–Kier alpha value is -0.990. The van der Waals surface area contributed by atoms with Crippen molar-refractivity contribution >= 4 is 28.6 Å². The summed E-state index contributed by atoms with van der Waals surface area (Å²) >= 11 is 1.89. The number of halogens is 3. The van der Waals surface area contributed by atoms with Crippen molar-refractivity contribution in [1.82, 2.24) is 4.98 Å². The van der Waals surface area contributed by atoms with Gasteiger partial charge in [-0.05, 0) is 35.6 Å². The smallest absolute Gasteiger partial charge is 0.344 e. The Kier molecular flexibility index (Phi) is 5.52. The molecule has 0 atom stereocenters. The lowest BCUT2D eigenvalue weighted by molar-refractivity contribution is 0.0503. The Labute approximate surface area is 110 Å². The van der Waals surface area contributed by atoms with Crippen molar-refractivity contribution in [2.45, 2.75) is 13.3 Å². The van der Waals surface area contributed by atoms with Crippen molar-refractivity contribution in [2.24, 2.45) is 0 Å². The summed E-state index contributed by atoms with van der Waals surface area (Å²) < 4.78 is 34.2. The highest BCUT2D eigenvalue weighted by Gasteiger charge is 2.19. The van der Waals surface area contributed by atoms with E-state index < -0.39 is 19.0 Å². The minimum atomic E-state index is -2.62. The molecule has 0 aliphatic carbocycles. The standard InChI is InChI=1S/C10H10F2INO3/c1-2-16-10(15)8-6(13)3-4-14-9(8)17-5-7(11)12/h3-4,7H,2,5H2,1H3. The summed E-state index contributed by atoms with van der Waals surface area (Å²) in [6.45, 7) is 1.04. The molecule has 0 spiro atoms. The van der Waals surface area contributed by atoms with E-state index in [1.807, 2.05) is 22.6 Å². The van der Waals surface area contributed by atoms with Gasteiger partial charge in [-0.15, -0.1) is 0 Å². The lowest BCUT2D eigenvalue weighted by Gasteiger charge is -2.10. The number of carbonyl (C=O) groups excluding carboxylic acids is 1. The fourth-order valence-corrected chi connectivity index (χ4v) is 1.67. The van der Waals surface area contributed by atoms with E-state index in [-0.39, 0.29) is 18.1 Å². The second kappa shape index (κ2) is 6.67. The van der Waals surface area contributed by atoms with Crippen LogP contribution in [0.4, 0.5) is 8.78 Å². The summed E-state index contributed by atoms with van der Waals surface area (Å²) in [6.07, 6.45) is -1.24. The minimum absolute atomic E-state index is 0.0793. The molecule has 94 valence electrons. The lowest BCUT2D eigenvalue weighted by Crippen LogP contribution is -2.14. The fraction of sp³-hybridized carbons (Fsp3) is 0.400. The number of pyridine rings is 1. The second-order valence-electron chi connectivity index (χ2n) is 2.90.